The van der Waals surface area contributed by atoms with Crippen molar-refractivity contribution in [1.29, 1.82) is 0 Å². The lowest BCUT2D eigenvalue weighted by atomic mass is 10.1. The van der Waals surface area contributed by atoms with Gasteiger partial charge in [-0.2, -0.15) is 12.6 Å². The van der Waals surface area contributed by atoms with Crippen LogP contribution in [0.4, 0.5) is 0 Å². The molecular weight excluding hydrogens is 494 g/mol. The Balaban J connectivity index is 2.85. The summed E-state index contributed by atoms with van der Waals surface area (Å²) in [6.07, 6.45) is 0.379. The fourth-order valence-electron chi connectivity index (χ4n) is 2.95. The molecule has 0 aromatic heterocycles. The number of aliphatic hydroxyl groups is 1. The van der Waals surface area contributed by atoms with E-state index in [0.29, 0.717) is 5.56 Å². The number of phenolic OH excluding ortho intramolecular Hbond substituents is 1. The molecule has 0 aliphatic carbocycles. The van der Waals surface area contributed by atoms with E-state index >= 15 is 0 Å². The third-order valence-electron chi connectivity index (χ3n) is 4.92. The Morgan fingerprint density at radius 3 is 2.03 bits per heavy atom. The van der Waals surface area contributed by atoms with E-state index in [1.165, 1.54) is 12.1 Å². The molecule has 0 spiro atoms. The molecule has 4 atom stereocenters. The number of carboxylic acid groups (broad SMARTS) is 1. The summed E-state index contributed by atoms with van der Waals surface area (Å²) in [5.74, 6) is -4.03. The second-order valence-corrected chi connectivity index (χ2v) is 8.18. The first-order valence-electron chi connectivity index (χ1n) is 10.9. The first-order chi connectivity index (χ1) is 17.0. The summed E-state index contributed by atoms with van der Waals surface area (Å²) in [4.78, 5) is 52.9. The van der Waals surface area contributed by atoms with Gasteiger partial charge >= 0.3 is 5.97 Å². The number of carbonyl (C=O) groups excluding carboxylic acids is 3. The van der Waals surface area contributed by atoms with Crippen molar-refractivity contribution in [3.8, 4) is 5.75 Å². The number of aliphatic carboxylic acids is 1. The molecule has 0 aliphatic rings. The number of nitrogens with zero attached hydrogens (tertiary/aromatic N) is 1. The smallest absolute Gasteiger partial charge is 0.327 e. The molecule has 0 bridgehead atoms. The Morgan fingerprint density at radius 2 is 1.50 bits per heavy atom. The first kappa shape index (κ1) is 30.5. The number of aliphatic hydroxyl groups excluding tert-OH is 1. The van der Waals surface area contributed by atoms with Crippen LogP contribution in [0.1, 0.15) is 18.4 Å². The summed E-state index contributed by atoms with van der Waals surface area (Å²) in [7, 11) is 0. The fourth-order valence-corrected chi connectivity index (χ4v) is 3.20. The third kappa shape index (κ3) is 10.8. The fraction of sp³-hybridized carbons (Fsp3) is 0.476. The van der Waals surface area contributed by atoms with E-state index in [1.807, 2.05) is 0 Å². The van der Waals surface area contributed by atoms with Crippen molar-refractivity contribution in [3.63, 3.8) is 0 Å². The topological polar surface area (TPSA) is 255 Å². The van der Waals surface area contributed by atoms with Gasteiger partial charge in [-0.15, -0.1) is 0 Å². The van der Waals surface area contributed by atoms with Gasteiger partial charge in [-0.1, -0.05) is 12.1 Å². The molecule has 1 rings (SSSR count). The number of carboxylic acids is 1. The minimum atomic E-state index is -1.43. The molecule has 0 saturated heterocycles. The van der Waals surface area contributed by atoms with Gasteiger partial charge in [0.1, 0.15) is 23.9 Å². The number of nitrogens with two attached hydrogens (primary N) is 3. The van der Waals surface area contributed by atoms with Crippen LogP contribution in [-0.2, 0) is 25.6 Å². The number of carbonyl (C=O) groups is 4. The van der Waals surface area contributed by atoms with Crippen molar-refractivity contribution in [3.05, 3.63) is 29.8 Å². The lowest BCUT2D eigenvalue weighted by molar-refractivity contribution is -0.141. The maximum atomic E-state index is 12.7. The van der Waals surface area contributed by atoms with Crippen LogP contribution in [0.25, 0.3) is 0 Å². The number of rotatable bonds is 15. The molecule has 200 valence electrons. The zero-order valence-corrected chi connectivity index (χ0v) is 20.4. The minimum Gasteiger partial charge on any atom is -0.508 e. The second-order valence-electron chi connectivity index (χ2n) is 7.81. The van der Waals surface area contributed by atoms with Gasteiger partial charge in [0, 0.05) is 12.3 Å². The lowest BCUT2D eigenvalue weighted by Gasteiger charge is -2.24. The average Bonchev–Trinajstić information content (AvgIpc) is 2.83. The van der Waals surface area contributed by atoms with Crippen LogP contribution in [0, 0.1) is 0 Å². The second kappa shape index (κ2) is 15.4. The highest BCUT2D eigenvalue weighted by molar-refractivity contribution is 7.80. The number of phenols is 1. The van der Waals surface area contributed by atoms with Gasteiger partial charge in [-0.05, 0) is 37.0 Å². The summed E-state index contributed by atoms with van der Waals surface area (Å²) >= 11 is 3.89. The zero-order valence-electron chi connectivity index (χ0n) is 19.5. The molecule has 0 fully saturated rings. The molecule has 0 radical (unpaired) electrons. The predicted molar refractivity (Wildman–Crippen MR) is 134 cm³/mol. The van der Waals surface area contributed by atoms with Crippen LogP contribution in [-0.4, -0.2) is 88.0 Å². The summed E-state index contributed by atoms with van der Waals surface area (Å²) in [6, 6.07) is 1.02. The number of hydrogen-bond donors (Lipinski definition) is 10. The summed E-state index contributed by atoms with van der Waals surface area (Å²) < 4.78 is 0. The summed E-state index contributed by atoms with van der Waals surface area (Å²) in [6.45, 7) is -0.649. The molecule has 36 heavy (non-hydrogen) atoms. The quantitative estimate of drug-likeness (QED) is 0.0472. The number of aliphatic imine (C=N–C) groups is 1. The Labute approximate surface area is 213 Å². The van der Waals surface area contributed by atoms with Crippen molar-refractivity contribution >= 4 is 42.3 Å². The largest absolute Gasteiger partial charge is 0.508 e. The van der Waals surface area contributed by atoms with Crippen molar-refractivity contribution in [2.45, 2.75) is 43.4 Å². The minimum absolute atomic E-state index is 0.0275. The SMILES string of the molecule is NC(N)=NCCCC(NC(=O)C(CO)NC(=O)C(N)Cc1ccc(O)cc1)C(=O)NC(CS)C(=O)O. The van der Waals surface area contributed by atoms with Crippen LogP contribution < -0.4 is 33.2 Å². The monoisotopic (exact) mass is 527 g/mol. The average molecular weight is 528 g/mol. The number of amides is 3. The maximum absolute atomic E-state index is 12.7. The highest BCUT2D eigenvalue weighted by Gasteiger charge is 2.29. The number of thiol groups is 1. The molecule has 0 heterocycles. The van der Waals surface area contributed by atoms with Crippen LogP contribution in [0.15, 0.2) is 29.3 Å². The van der Waals surface area contributed by atoms with Crippen LogP contribution in [0.5, 0.6) is 5.75 Å². The number of guanidine groups is 1. The van der Waals surface area contributed by atoms with Gasteiger partial charge in [0.2, 0.25) is 17.7 Å². The van der Waals surface area contributed by atoms with Gasteiger partial charge in [0.25, 0.3) is 0 Å². The Kier molecular flexibility index (Phi) is 13.1. The third-order valence-corrected chi connectivity index (χ3v) is 5.28. The first-order valence-corrected chi connectivity index (χ1v) is 11.6. The molecular formula is C21H33N7O7S. The van der Waals surface area contributed by atoms with E-state index in [9.17, 15) is 29.4 Å². The molecule has 0 aliphatic heterocycles. The van der Waals surface area contributed by atoms with Crippen LogP contribution in [0.3, 0.4) is 0 Å². The zero-order chi connectivity index (χ0) is 27.3. The van der Waals surface area contributed by atoms with E-state index in [1.54, 1.807) is 12.1 Å². The highest BCUT2D eigenvalue weighted by atomic mass is 32.1. The summed E-state index contributed by atoms with van der Waals surface area (Å²) in [5, 5.41) is 35.1. The number of hydrogen-bond acceptors (Lipinski definition) is 9. The van der Waals surface area contributed by atoms with E-state index in [0.717, 1.165) is 0 Å². The number of benzene rings is 1. The van der Waals surface area contributed by atoms with Crippen molar-refractivity contribution < 1.29 is 34.5 Å². The van der Waals surface area contributed by atoms with Gasteiger partial charge in [-0.3, -0.25) is 19.4 Å². The van der Waals surface area contributed by atoms with Gasteiger partial charge in [0.05, 0.1) is 12.6 Å². The maximum Gasteiger partial charge on any atom is 0.327 e. The molecule has 3 amide bonds. The summed E-state index contributed by atoms with van der Waals surface area (Å²) in [5.41, 5.74) is 17.1. The predicted octanol–water partition coefficient (Wildman–Crippen LogP) is -3.22. The van der Waals surface area contributed by atoms with E-state index in [4.69, 9.17) is 22.3 Å². The van der Waals surface area contributed by atoms with Gasteiger partial charge in [0.15, 0.2) is 5.96 Å². The van der Waals surface area contributed by atoms with Crippen molar-refractivity contribution in [2.24, 2.45) is 22.2 Å². The Bertz CT molecular complexity index is 926. The molecule has 12 N–H and O–H groups in total. The molecule has 1 aromatic rings. The van der Waals surface area contributed by atoms with Gasteiger partial charge in [-0.25, -0.2) is 4.79 Å². The standard InChI is InChI=1S/C21H33N7O7S/c22-13(8-11-3-5-12(30)6-4-11)17(31)27-15(9-29)19(33)26-14(2-1-7-25-21(23)24)18(32)28-16(10-36)20(34)35/h3-6,13-16,29-30,36H,1-2,7-10,22H2,(H,26,33)(H,27,31)(H,28,32)(H,34,35)(H4,23,24,25). The molecule has 1 aromatic carbocycles. The normalized spacial score (nSPS) is 14.0. The lowest BCUT2D eigenvalue weighted by Crippen LogP contribution is -2.58. The Hall–Kier alpha value is -3.56. The highest BCUT2D eigenvalue weighted by Crippen LogP contribution is 2.11. The van der Waals surface area contributed by atoms with Crippen LogP contribution >= 0.6 is 12.6 Å². The van der Waals surface area contributed by atoms with Crippen LogP contribution in [0.2, 0.25) is 0 Å². The van der Waals surface area contributed by atoms with Crippen molar-refractivity contribution in [2.75, 3.05) is 18.9 Å². The van der Waals surface area contributed by atoms with E-state index < -0.39 is 54.5 Å². The Morgan fingerprint density at radius 1 is 0.944 bits per heavy atom. The van der Waals surface area contributed by atoms with Gasteiger partial charge < -0.3 is 48.5 Å². The number of aromatic hydroxyl groups is 1. The van der Waals surface area contributed by atoms with E-state index in [-0.39, 0.29) is 43.3 Å². The van der Waals surface area contributed by atoms with Crippen molar-refractivity contribution in [1.82, 2.24) is 16.0 Å². The molecule has 0 saturated carbocycles. The van der Waals surface area contributed by atoms with E-state index in [2.05, 4.69) is 33.6 Å². The molecule has 4 unspecified atom stereocenters. The molecule has 14 nitrogen and oxygen atoms in total. The molecule has 15 heteroatoms. The number of nitrogens with one attached hydrogen (secondary N) is 3.